The molecule has 17 heavy (non-hydrogen) atoms. The molecule has 0 radical (unpaired) electrons. The van der Waals surface area contributed by atoms with Crippen molar-refractivity contribution in [1.29, 1.82) is 0 Å². The van der Waals surface area contributed by atoms with E-state index in [2.05, 4.69) is 4.98 Å². The molecule has 0 spiro atoms. The zero-order valence-corrected chi connectivity index (χ0v) is 10.1. The minimum atomic E-state index is 0.0714. The normalized spacial score (nSPS) is 10.8. The molecule has 2 rings (SSSR count). The molecule has 0 fully saturated rings. The number of carbonyl (C=O) groups excluding carboxylic acids is 1. The Labute approximate surface area is 101 Å². The van der Waals surface area contributed by atoms with E-state index in [9.17, 15) is 4.79 Å². The van der Waals surface area contributed by atoms with Gasteiger partial charge in [0.05, 0.1) is 0 Å². The number of hydrogen-bond donors (Lipinski definition) is 0. The van der Waals surface area contributed by atoms with Gasteiger partial charge in [0.1, 0.15) is 11.6 Å². The molecule has 0 atom stereocenters. The van der Waals surface area contributed by atoms with Crippen LogP contribution in [-0.4, -0.2) is 15.3 Å². The van der Waals surface area contributed by atoms with Crippen molar-refractivity contribution < 1.29 is 4.79 Å². The van der Waals surface area contributed by atoms with Crippen molar-refractivity contribution in [1.82, 2.24) is 9.55 Å². The molecule has 0 aliphatic carbocycles. The van der Waals surface area contributed by atoms with E-state index in [0.29, 0.717) is 6.42 Å². The van der Waals surface area contributed by atoms with Crippen molar-refractivity contribution in [2.24, 2.45) is 5.92 Å². The highest BCUT2D eigenvalue weighted by atomic mass is 16.1. The van der Waals surface area contributed by atoms with Gasteiger partial charge in [0.25, 0.3) is 0 Å². The topological polar surface area (TPSA) is 34.9 Å². The lowest BCUT2D eigenvalue weighted by Gasteiger charge is -2.08. The maximum Gasteiger partial charge on any atom is 0.141 e. The van der Waals surface area contributed by atoms with Crippen LogP contribution in [0.5, 0.6) is 0 Å². The molecule has 0 aliphatic heterocycles. The van der Waals surface area contributed by atoms with E-state index < -0.39 is 0 Å². The van der Waals surface area contributed by atoms with E-state index >= 15 is 0 Å². The van der Waals surface area contributed by atoms with Crippen molar-refractivity contribution >= 4 is 5.78 Å². The molecule has 0 saturated heterocycles. The quantitative estimate of drug-likeness (QED) is 0.806. The number of rotatable bonds is 4. The summed E-state index contributed by atoms with van der Waals surface area (Å²) < 4.78 is 1.96. The van der Waals surface area contributed by atoms with E-state index in [1.165, 1.54) is 0 Å². The molecule has 0 amide bonds. The molecule has 0 N–H and O–H groups in total. The number of nitrogens with zero attached hydrogens (tertiary/aromatic N) is 2. The van der Waals surface area contributed by atoms with Gasteiger partial charge in [-0.05, 0) is 24.3 Å². The van der Waals surface area contributed by atoms with Crippen molar-refractivity contribution in [2.75, 3.05) is 0 Å². The second kappa shape index (κ2) is 4.95. The molecule has 0 bridgehead atoms. The molecule has 0 saturated carbocycles. The maximum atomic E-state index is 11.8. The van der Waals surface area contributed by atoms with Gasteiger partial charge in [-0.15, -0.1) is 0 Å². The lowest BCUT2D eigenvalue weighted by molar-refractivity contribution is -0.121. The molecule has 88 valence electrons. The van der Waals surface area contributed by atoms with Crippen LogP contribution in [0.15, 0.2) is 42.7 Å². The van der Waals surface area contributed by atoms with Crippen LogP contribution in [0.4, 0.5) is 0 Å². The van der Waals surface area contributed by atoms with Gasteiger partial charge < -0.3 is 4.57 Å². The Balaban J connectivity index is 2.27. The molecule has 0 aromatic carbocycles. The van der Waals surface area contributed by atoms with E-state index in [0.717, 1.165) is 11.5 Å². The third-order valence-corrected chi connectivity index (χ3v) is 2.73. The van der Waals surface area contributed by atoms with Gasteiger partial charge in [-0.2, -0.15) is 0 Å². The lowest BCUT2D eigenvalue weighted by atomic mass is 10.0. The van der Waals surface area contributed by atoms with Crippen LogP contribution in [0.1, 0.15) is 19.5 Å². The van der Waals surface area contributed by atoms with Gasteiger partial charge in [0.15, 0.2) is 0 Å². The molecule has 2 aromatic heterocycles. The molecule has 2 aromatic rings. The lowest BCUT2D eigenvalue weighted by Crippen LogP contribution is -2.13. The Morgan fingerprint density at radius 1 is 1.29 bits per heavy atom. The van der Waals surface area contributed by atoms with Gasteiger partial charge in [-0.25, -0.2) is 4.98 Å². The van der Waals surface area contributed by atoms with Gasteiger partial charge in [0, 0.05) is 30.4 Å². The van der Waals surface area contributed by atoms with E-state index in [-0.39, 0.29) is 11.7 Å². The van der Waals surface area contributed by atoms with Crippen LogP contribution in [0, 0.1) is 5.92 Å². The second-order valence-electron chi connectivity index (χ2n) is 4.36. The first kappa shape index (κ1) is 11.6. The summed E-state index contributed by atoms with van der Waals surface area (Å²) in [4.78, 5) is 16.0. The van der Waals surface area contributed by atoms with Crippen molar-refractivity contribution in [3.8, 4) is 5.82 Å². The minimum absolute atomic E-state index is 0.0714. The van der Waals surface area contributed by atoms with Crippen LogP contribution in [-0.2, 0) is 11.2 Å². The molecular formula is C14H16N2O. The average molecular weight is 228 g/mol. The van der Waals surface area contributed by atoms with Gasteiger partial charge in [-0.3, -0.25) is 4.79 Å². The van der Waals surface area contributed by atoms with Crippen LogP contribution < -0.4 is 0 Å². The molecule has 3 heteroatoms. The van der Waals surface area contributed by atoms with E-state index in [1.807, 2.05) is 54.9 Å². The molecule has 3 nitrogen and oxygen atoms in total. The first-order valence-electron chi connectivity index (χ1n) is 5.79. The van der Waals surface area contributed by atoms with Gasteiger partial charge in [0.2, 0.25) is 0 Å². The summed E-state index contributed by atoms with van der Waals surface area (Å²) in [7, 11) is 0. The number of ketones is 1. The molecule has 0 aliphatic rings. The third kappa shape index (κ3) is 2.61. The van der Waals surface area contributed by atoms with Crippen LogP contribution in [0.2, 0.25) is 0 Å². The molecule has 0 unspecified atom stereocenters. The molecular weight excluding hydrogens is 212 g/mol. The van der Waals surface area contributed by atoms with Crippen molar-refractivity contribution in [3.63, 3.8) is 0 Å². The summed E-state index contributed by atoms with van der Waals surface area (Å²) >= 11 is 0. The summed E-state index contributed by atoms with van der Waals surface area (Å²) in [6.45, 7) is 3.85. The Morgan fingerprint density at radius 3 is 2.76 bits per heavy atom. The Bertz CT molecular complexity index is 500. The predicted molar refractivity (Wildman–Crippen MR) is 67.1 cm³/mol. The largest absolute Gasteiger partial charge is 0.305 e. The summed E-state index contributed by atoms with van der Waals surface area (Å²) in [5.41, 5.74) is 0.988. The minimum Gasteiger partial charge on any atom is -0.305 e. The van der Waals surface area contributed by atoms with E-state index in [4.69, 9.17) is 0 Å². The summed E-state index contributed by atoms with van der Waals surface area (Å²) in [5, 5.41) is 0. The predicted octanol–water partition coefficient (Wildman–Crippen LogP) is 2.64. The third-order valence-electron chi connectivity index (χ3n) is 2.73. The van der Waals surface area contributed by atoms with E-state index in [1.54, 1.807) is 6.20 Å². The fourth-order valence-electron chi connectivity index (χ4n) is 1.66. The number of Topliss-reactive ketones (excluding diaryl/α,β-unsaturated/α-hetero) is 1. The zero-order chi connectivity index (χ0) is 12.3. The summed E-state index contributed by atoms with van der Waals surface area (Å²) in [5.74, 6) is 1.17. The van der Waals surface area contributed by atoms with Gasteiger partial charge in [-0.1, -0.05) is 19.9 Å². The highest BCUT2D eigenvalue weighted by Gasteiger charge is 2.11. The number of hydrogen-bond acceptors (Lipinski definition) is 2. The number of aromatic nitrogens is 2. The Hall–Kier alpha value is -1.90. The smallest absolute Gasteiger partial charge is 0.141 e. The number of pyridine rings is 1. The highest BCUT2D eigenvalue weighted by molar-refractivity contribution is 5.82. The van der Waals surface area contributed by atoms with Crippen LogP contribution >= 0.6 is 0 Å². The average Bonchev–Trinajstić information content (AvgIpc) is 2.78. The first-order valence-corrected chi connectivity index (χ1v) is 5.79. The Morgan fingerprint density at radius 2 is 2.12 bits per heavy atom. The first-order chi connectivity index (χ1) is 8.18. The highest BCUT2D eigenvalue weighted by Crippen LogP contribution is 2.12. The van der Waals surface area contributed by atoms with Gasteiger partial charge >= 0.3 is 0 Å². The summed E-state index contributed by atoms with van der Waals surface area (Å²) in [6, 6.07) is 9.66. The second-order valence-corrected chi connectivity index (χ2v) is 4.36. The van der Waals surface area contributed by atoms with Crippen LogP contribution in [0.25, 0.3) is 5.82 Å². The Kier molecular flexibility index (Phi) is 3.38. The summed E-state index contributed by atoms with van der Waals surface area (Å²) in [6.07, 6.45) is 4.15. The fraction of sp³-hybridized carbons (Fsp3) is 0.286. The van der Waals surface area contributed by atoms with Crippen molar-refractivity contribution in [3.05, 3.63) is 48.4 Å². The maximum absolute atomic E-state index is 11.8. The standard InChI is InChI=1S/C14H16N2O/c1-11(2)13(17)10-12-6-5-9-16(12)14-7-3-4-8-15-14/h3-9,11H,10H2,1-2H3. The SMILES string of the molecule is CC(C)C(=O)Cc1cccn1-c1ccccn1. The molecule has 2 heterocycles. The fourth-order valence-corrected chi connectivity index (χ4v) is 1.66. The van der Waals surface area contributed by atoms with Crippen molar-refractivity contribution in [2.45, 2.75) is 20.3 Å². The monoisotopic (exact) mass is 228 g/mol. The zero-order valence-electron chi connectivity index (χ0n) is 10.1. The number of carbonyl (C=O) groups is 1. The van der Waals surface area contributed by atoms with Crippen LogP contribution in [0.3, 0.4) is 0 Å².